The van der Waals surface area contributed by atoms with Crippen LogP contribution < -0.4 is 0 Å². The zero-order chi connectivity index (χ0) is 11.4. The molecule has 92 valence electrons. The molecule has 0 radical (unpaired) electrons. The first-order valence-corrected chi connectivity index (χ1v) is 6.85. The summed E-state index contributed by atoms with van der Waals surface area (Å²) in [5.41, 5.74) is -0.0796. The summed E-state index contributed by atoms with van der Waals surface area (Å²) in [7, 11) is 1.54. The first-order valence-electron chi connectivity index (χ1n) is 6.85. The van der Waals surface area contributed by atoms with E-state index in [4.69, 9.17) is 4.74 Å². The van der Waals surface area contributed by atoms with Crippen molar-refractivity contribution >= 4 is 5.97 Å². The van der Waals surface area contributed by atoms with E-state index in [0.29, 0.717) is 0 Å². The Kier molecular flexibility index (Phi) is 3.88. The van der Waals surface area contributed by atoms with Crippen LogP contribution in [-0.4, -0.2) is 13.1 Å². The van der Waals surface area contributed by atoms with Crippen molar-refractivity contribution < 1.29 is 9.53 Å². The molecule has 0 heterocycles. The summed E-state index contributed by atoms with van der Waals surface area (Å²) in [6.07, 6.45) is 12.6. The Labute approximate surface area is 98.7 Å². The van der Waals surface area contributed by atoms with Gasteiger partial charge in [-0.05, 0) is 25.2 Å². The predicted molar refractivity (Wildman–Crippen MR) is 64.1 cm³/mol. The average Bonchev–Trinajstić information content (AvgIpc) is 2.50. The highest BCUT2D eigenvalue weighted by atomic mass is 16.5. The van der Waals surface area contributed by atoms with Crippen molar-refractivity contribution in [2.24, 2.45) is 11.3 Å². The third-order valence-electron chi connectivity index (χ3n) is 4.58. The maximum atomic E-state index is 11.9. The van der Waals surface area contributed by atoms with Crippen LogP contribution in [0.3, 0.4) is 0 Å². The van der Waals surface area contributed by atoms with Crippen LogP contribution in [0.1, 0.15) is 64.2 Å². The van der Waals surface area contributed by atoms with Crippen molar-refractivity contribution in [3.63, 3.8) is 0 Å². The van der Waals surface area contributed by atoms with E-state index >= 15 is 0 Å². The minimum atomic E-state index is -0.0796. The topological polar surface area (TPSA) is 26.3 Å². The van der Waals surface area contributed by atoms with Gasteiger partial charge in [0, 0.05) is 0 Å². The Balaban J connectivity index is 1.92. The second-order valence-electron chi connectivity index (χ2n) is 5.69. The lowest BCUT2D eigenvalue weighted by molar-refractivity contribution is -0.160. The molecule has 2 aliphatic carbocycles. The van der Waals surface area contributed by atoms with E-state index < -0.39 is 0 Å². The molecular formula is C14H24O2. The van der Waals surface area contributed by atoms with Gasteiger partial charge in [0.2, 0.25) is 0 Å². The smallest absolute Gasteiger partial charge is 0.311 e. The summed E-state index contributed by atoms with van der Waals surface area (Å²) >= 11 is 0. The summed E-state index contributed by atoms with van der Waals surface area (Å²) in [5, 5.41) is 0. The van der Waals surface area contributed by atoms with Gasteiger partial charge in [0.05, 0.1) is 12.5 Å². The molecule has 2 fully saturated rings. The third-order valence-corrected chi connectivity index (χ3v) is 4.58. The number of carbonyl (C=O) groups is 1. The van der Waals surface area contributed by atoms with Crippen LogP contribution in [0.2, 0.25) is 0 Å². The minimum Gasteiger partial charge on any atom is -0.469 e. The predicted octanol–water partition coefficient (Wildman–Crippen LogP) is 3.69. The van der Waals surface area contributed by atoms with Gasteiger partial charge in [-0.15, -0.1) is 0 Å². The molecule has 0 unspecified atom stereocenters. The highest BCUT2D eigenvalue weighted by Gasteiger charge is 2.46. The van der Waals surface area contributed by atoms with Gasteiger partial charge in [0.15, 0.2) is 0 Å². The van der Waals surface area contributed by atoms with Gasteiger partial charge in [-0.2, -0.15) is 0 Å². The maximum absolute atomic E-state index is 11.9. The second kappa shape index (κ2) is 5.20. The standard InChI is InChI=1S/C14H24O2/c1-16-13(15)14(9-6-10-14)11-12-7-4-2-3-5-8-12/h12H,2-11H2,1H3. The van der Waals surface area contributed by atoms with Crippen LogP contribution in [0.25, 0.3) is 0 Å². The molecule has 2 heteroatoms. The third kappa shape index (κ3) is 2.41. The summed E-state index contributed by atoms with van der Waals surface area (Å²) in [5.74, 6) is 0.838. The van der Waals surface area contributed by atoms with Gasteiger partial charge in [-0.1, -0.05) is 44.9 Å². The molecule has 0 aromatic heterocycles. The Morgan fingerprint density at radius 2 is 1.75 bits per heavy atom. The van der Waals surface area contributed by atoms with Crippen LogP contribution in [-0.2, 0) is 9.53 Å². The van der Waals surface area contributed by atoms with Gasteiger partial charge in [-0.25, -0.2) is 0 Å². The zero-order valence-electron chi connectivity index (χ0n) is 10.5. The van der Waals surface area contributed by atoms with Crippen LogP contribution in [0, 0.1) is 11.3 Å². The van der Waals surface area contributed by atoms with Gasteiger partial charge >= 0.3 is 5.97 Å². The van der Waals surface area contributed by atoms with Crippen LogP contribution >= 0.6 is 0 Å². The van der Waals surface area contributed by atoms with E-state index in [9.17, 15) is 4.79 Å². The van der Waals surface area contributed by atoms with Crippen molar-refractivity contribution in [3.8, 4) is 0 Å². The molecule has 0 amide bonds. The van der Waals surface area contributed by atoms with Crippen LogP contribution in [0.15, 0.2) is 0 Å². The number of hydrogen-bond acceptors (Lipinski definition) is 2. The quantitative estimate of drug-likeness (QED) is 0.540. The molecule has 0 spiro atoms. The van der Waals surface area contributed by atoms with E-state index in [1.807, 2.05) is 0 Å². The fraction of sp³-hybridized carbons (Fsp3) is 0.929. The van der Waals surface area contributed by atoms with Gasteiger partial charge in [0.25, 0.3) is 0 Å². The molecule has 2 nitrogen and oxygen atoms in total. The largest absolute Gasteiger partial charge is 0.469 e. The maximum Gasteiger partial charge on any atom is 0.311 e. The lowest BCUT2D eigenvalue weighted by Crippen LogP contribution is -2.40. The van der Waals surface area contributed by atoms with Crippen LogP contribution in [0.5, 0.6) is 0 Å². The summed E-state index contributed by atoms with van der Waals surface area (Å²) in [6, 6.07) is 0. The van der Waals surface area contributed by atoms with Crippen molar-refractivity contribution in [2.75, 3.05) is 7.11 Å². The lowest BCUT2D eigenvalue weighted by Gasteiger charge is -2.41. The number of esters is 1. The Hall–Kier alpha value is -0.530. The molecule has 0 N–H and O–H groups in total. The Morgan fingerprint density at radius 3 is 2.19 bits per heavy atom. The SMILES string of the molecule is COC(=O)C1(CC2CCCCCC2)CCC1. The summed E-state index contributed by atoms with van der Waals surface area (Å²) < 4.78 is 4.99. The highest BCUT2D eigenvalue weighted by Crippen LogP contribution is 2.48. The van der Waals surface area contributed by atoms with E-state index in [0.717, 1.165) is 25.2 Å². The van der Waals surface area contributed by atoms with Gasteiger partial charge in [0.1, 0.15) is 0 Å². The first-order chi connectivity index (χ1) is 7.77. The normalized spacial score (nSPS) is 25.6. The van der Waals surface area contributed by atoms with E-state index in [1.165, 1.54) is 52.1 Å². The molecule has 0 aromatic rings. The summed E-state index contributed by atoms with van der Waals surface area (Å²) in [4.78, 5) is 11.9. The molecule has 2 aliphatic rings. The zero-order valence-corrected chi connectivity index (χ0v) is 10.5. The van der Waals surface area contributed by atoms with Crippen molar-refractivity contribution in [2.45, 2.75) is 64.2 Å². The Morgan fingerprint density at radius 1 is 1.12 bits per heavy atom. The lowest BCUT2D eigenvalue weighted by atomic mass is 9.63. The van der Waals surface area contributed by atoms with Crippen LogP contribution in [0.4, 0.5) is 0 Å². The Bertz CT molecular complexity index is 235. The van der Waals surface area contributed by atoms with Crippen molar-refractivity contribution in [3.05, 3.63) is 0 Å². The number of methoxy groups -OCH3 is 1. The minimum absolute atomic E-state index is 0.0583. The first kappa shape index (κ1) is 11.9. The highest BCUT2D eigenvalue weighted by molar-refractivity contribution is 5.77. The molecular weight excluding hydrogens is 200 g/mol. The fourth-order valence-electron chi connectivity index (χ4n) is 3.43. The van der Waals surface area contributed by atoms with E-state index in [-0.39, 0.29) is 11.4 Å². The monoisotopic (exact) mass is 224 g/mol. The number of hydrogen-bond donors (Lipinski definition) is 0. The van der Waals surface area contributed by atoms with Crippen molar-refractivity contribution in [1.82, 2.24) is 0 Å². The molecule has 0 bridgehead atoms. The molecule has 0 aromatic carbocycles. The van der Waals surface area contributed by atoms with Crippen molar-refractivity contribution in [1.29, 1.82) is 0 Å². The van der Waals surface area contributed by atoms with Gasteiger partial charge < -0.3 is 4.74 Å². The molecule has 0 saturated heterocycles. The molecule has 16 heavy (non-hydrogen) atoms. The molecule has 2 saturated carbocycles. The van der Waals surface area contributed by atoms with E-state index in [1.54, 1.807) is 0 Å². The summed E-state index contributed by atoms with van der Waals surface area (Å²) in [6.45, 7) is 0. The molecule has 0 atom stereocenters. The van der Waals surface area contributed by atoms with E-state index in [2.05, 4.69) is 0 Å². The fourth-order valence-corrected chi connectivity index (χ4v) is 3.43. The number of carbonyl (C=O) groups excluding carboxylic acids is 1. The molecule has 2 rings (SSSR count). The molecule has 0 aliphatic heterocycles. The second-order valence-corrected chi connectivity index (χ2v) is 5.69. The van der Waals surface area contributed by atoms with Gasteiger partial charge in [-0.3, -0.25) is 4.79 Å². The number of ether oxygens (including phenoxy) is 1. The number of rotatable bonds is 3. The average molecular weight is 224 g/mol.